The molecule has 208 valence electrons. The van der Waals surface area contributed by atoms with E-state index in [2.05, 4.69) is 30.2 Å². The maximum atomic E-state index is 13.7. The summed E-state index contributed by atoms with van der Waals surface area (Å²) in [5.41, 5.74) is 3.67. The van der Waals surface area contributed by atoms with Gasteiger partial charge in [0.1, 0.15) is 6.61 Å². The van der Waals surface area contributed by atoms with E-state index in [9.17, 15) is 22.8 Å². The highest BCUT2D eigenvalue weighted by Gasteiger charge is 2.65. The number of Topliss-reactive ketones (excluding diaryl/α,β-unsaturated/α-hetero) is 1. The number of allylic oxidation sites excluding steroid dienone is 4. The molecule has 7 heteroatoms. The summed E-state index contributed by atoms with van der Waals surface area (Å²) in [5.74, 6) is 3.93. The number of alkyl halides is 3. The number of hydrogen-bond donors (Lipinski definition) is 0. The van der Waals surface area contributed by atoms with E-state index in [1.165, 1.54) is 24.2 Å². The van der Waals surface area contributed by atoms with E-state index in [-0.39, 0.29) is 35.9 Å². The molecule has 0 radical (unpaired) electrons. The summed E-state index contributed by atoms with van der Waals surface area (Å²) in [6.07, 6.45) is 1.38. The highest BCUT2D eigenvalue weighted by atomic mass is 19.4. The zero-order valence-corrected chi connectivity index (χ0v) is 23.1. The number of fused-ring (bicyclic) bond motifs is 4. The lowest BCUT2D eigenvalue weighted by Crippen LogP contribution is -2.51. The smallest absolute Gasteiger partial charge is 0.378 e. The third kappa shape index (κ3) is 4.65. The van der Waals surface area contributed by atoms with Gasteiger partial charge in [-0.3, -0.25) is 9.59 Å². The van der Waals surface area contributed by atoms with Gasteiger partial charge in [-0.25, -0.2) is 0 Å². The number of methoxy groups -OCH3 is 1. The molecule has 39 heavy (non-hydrogen) atoms. The minimum absolute atomic E-state index is 0.0276. The van der Waals surface area contributed by atoms with E-state index >= 15 is 0 Å². The van der Waals surface area contributed by atoms with Crippen molar-refractivity contribution in [1.82, 2.24) is 0 Å². The molecular formula is C32H36F3NO3. The van der Waals surface area contributed by atoms with Gasteiger partial charge in [-0.05, 0) is 90.7 Å². The Kier molecular flexibility index (Phi) is 7.08. The van der Waals surface area contributed by atoms with Gasteiger partial charge in [-0.2, -0.15) is 13.2 Å². The molecule has 5 rings (SSSR count). The van der Waals surface area contributed by atoms with E-state index in [4.69, 9.17) is 4.74 Å². The van der Waals surface area contributed by atoms with Gasteiger partial charge in [0.25, 0.3) is 0 Å². The molecule has 0 saturated heterocycles. The van der Waals surface area contributed by atoms with Crippen LogP contribution in [0.5, 0.6) is 0 Å². The second kappa shape index (κ2) is 9.96. The second-order valence-electron chi connectivity index (χ2n) is 12.0. The standard InChI is InChI=1S/C32H36F3NO3/c1-30-18-26(20-5-8-22(9-6-20)36(2)3)29-24-12-10-23(37)17-21(24)7-11-25(29)27(30)13-14-31(30,28(38)19-39-4)15-16-32(33,34)35/h5-6,8-9,17,25-27H,7,10-14,18-19H2,1-4H3/t25-,26+,27-,30-,31-/m0/s1. The van der Waals surface area contributed by atoms with E-state index in [0.29, 0.717) is 32.1 Å². The molecule has 0 bridgehead atoms. The van der Waals surface area contributed by atoms with Gasteiger partial charge >= 0.3 is 6.18 Å². The fraction of sp³-hybridized carbons (Fsp3) is 0.562. The van der Waals surface area contributed by atoms with Crippen molar-refractivity contribution in [3.05, 3.63) is 52.6 Å². The summed E-state index contributed by atoms with van der Waals surface area (Å²) >= 11 is 0. The first kappa shape index (κ1) is 27.7. The highest BCUT2D eigenvalue weighted by Crippen LogP contribution is 2.69. The molecule has 0 aromatic heterocycles. The molecule has 0 aliphatic heterocycles. The molecule has 2 saturated carbocycles. The number of ketones is 2. The van der Waals surface area contributed by atoms with E-state index in [1.807, 2.05) is 25.9 Å². The van der Waals surface area contributed by atoms with Gasteiger partial charge in [0.05, 0.1) is 5.41 Å². The first-order valence-corrected chi connectivity index (χ1v) is 13.8. The average Bonchev–Trinajstić information content (AvgIpc) is 3.19. The number of rotatable bonds is 5. The molecule has 1 aromatic rings. The molecule has 4 aliphatic carbocycles. The van der Waals surface area contributed by atoms with Crippen molar-refractivity contribution >= 4 is 17.3 Å². The molecule has 0 spiro atoms. The van der Waals surface area contributed by atoms with Gasteiger partial charge in [0, 0.05) is 45.2 Å². The largest absolute Gasteiger partial charge is 0.457 e. The Balaban J connectivity index is 1.70. The summed E-state index contributed by atoms with van der Waals surface area (Å²) in [4.78, 5) is 28.0. The zero-order chi connectivity index (χ0) is 28.2. The number of benzene rings is 1. The lowest BCUT2D eigenvalue weighted by Gasteiger charge is -2.54. The van der Waals surface area contributed by atoms with Gasteiger partial charge in [0.2, 0.25) is 0 Å². The van der Waals surface area contributed by atoms with Crippen LogP contribution in [0.4, 0.5) is 18.9 Å². The fourth-order valence-corrected chi connectivity index (χ4v) is 8.16. The number of halogens is 3. The molecule has 0 unspecified atom stereocenters. The van der Waals surface area contributed by atoms with Crippen molar-refractivity contribution in [2.75, 3.05) is 32.7 Å². The highest BCUT2D eigenvalue weighted by molar-refractivity contribution is 5.93. The summed E-state index contributed by atoms with van der Waals surface area (Å²) < 4.78 is 45.5. The zero-order valence-electron chi connectivity index (χ0n) is 23.1. The number of anilines is 1. The number of carbonyl (C=O) groups is 2. The van der Waals surface area contributed by atoms with Crippen LogP contribution in [0.2, 0.25) is 0 Å². The Bertz CT molecular complexity index is 1300. The molecule has 4 aliphatic rings. The van der Waals surface area contributed by atoms with Gasteiger partial charge in [-0.1, -0.05) is 30.6 Å². The van der Waals surface area contributed by atoms with Crippen molar-refractivity contribution in [2.24, 2.45) is 22.7 Å². The van der Waals surface area contributed by atoms with Crippen molar-refractivity contribution in [3.63, 3.8) is 0 Å². The van der Waals surface area contributed by atoms with Crippen LogP contribution in [0.3, 0.4) is 0 Å². The summed E-state index contributed by atoms with van der Waals surface area (Å²) in [7, 11) is 5.36. The predicted molar refractivity (Wildman–Crippen MR) is 144 cm³/mol. The van der Waals surface area contributed by atoms with Gasteiger partial charge in [0.15, 0.2) is 11.6 Å². The third-order valence-corrected chi connectivity index (χ3v) is 9.91. The molecule has 5 atom stereocenters. The monoisotopic (exact) mass is 539 g/mol. The molecule has 4 nitrogen and oxygen atoms in total. The summed E-state index contributed by atoms with van der Waals surface area (Å²) in [6.45, 7) is 1.74. The Morgan fingerprint density at radius 1 is 1.13 bits per heavy atom. The first-order valence-electron chi connectivity index (χ1n) is 13.8. The van der Waals surface area contributed by atoms with Crippen LogP contribution in [0.1, 0.15) is 63.4 Å². The molecule has 1 aromatic carbocycles. The quantitative estimate of drug-likeness (QED) is 0.405. The number of nitrogens with zero attached hydrogens (tertiary/aromatic N) is 1. The second-order valence-corrected chi connectivity index (χ2v) is 12.0. The van der Waals surface area contributed by atoms with Crippen LogP contribution in [-0.4, -0.2) is 45.6 Å². The third-order valence-electron chi connectivity index (χ3n) is 9.91. The molecular weight excluding hydrogens is 503 g/mol. The van der Waals surface area contributed by atoms with Crippen LogP contribution in [-0.2, 0) is 14.3 Å². The summed E-state index contributed by atoms with van der Waals surface area (Å²) in [6, 6.07) is 8.34. The number of carbonyl (C=O) groups excluding carboxylic acids is 2. The minimum atomic E-state index is -4.68. The van der Waals surface area contributed by atoms with Crippen molar-refractivity contribution in [2.45, 2.75) is 64.0 Å². The Morgan fingerprint density at radius 3 is 2.49 bits per heavy atom. The van der Waals surface area contributed by atoms with Crippen LogP contribution >= 0.6 is 0 Å². The van der Waals surface area contributed by atoms with E-state index in [0.717, 1.165) is 29.7 Å². The van der Waals surface area contributed by atoms with Crippen LogP contribution in [0.15, 0.2) is 47.1 Å². The lowest BCUT2D eigenvalue weighted by molar-refractivity contribution is -0.136. The maximum absolute atomic E-state index is 13.7. The lowest BCUT2D eigenvalue weighted by atomic mass is 9.48. The van der Waals surface area contributed by atoms with E-state index in [1.54, 1.807) is 6.08 Å². The SMILES string of the molecule is COCC(=O)[C@@]1(C#CC(F)(F)F)CC[C@H]2[C@@H]3CCC4=CC(=O)CCC4=C3[C@@H](c3ccc(N(C)C)cc3)C[C@@]21C. The Labute approximate surface area is 228 Å². The first-order chi connectivity index (χ1) is 18.4. The van der Waals surface area contributed by atoms with Crippen LogP contribution in [0, 0.1) is 34.5 Å². The molecule has 2 fully saturated rings. The Hall–Kier alpha value is -2.85. The number of hydrogen-bond acceptors (Lipinski definition) is 4. The van der Waals surface area contributed by atoms with E-state index < -0.39 is 17.0 Å². The Morgan fingerprint density at radius 2 is 1.85 bits per heavy atom. The maximum Gasteiger partial charge on any atom is 0.457 e. The van der Waals surface area contributed by atoms with Crippen molar-refractivity contribution < 1.29 is 27.5 Å². The van der Waals surface area contributed by atoms with Crippen LogP contribution < -0.4 is 4.90 Å². The predicted octanol–water partition coefficient (Wildman–Crippen LogP) is 6.42. The van der Waals surface area contributed by atoms with Gasteiger partial charge in [-0.15, -0.1) is 0 Å². The topological polar surface area (TPSA) is 46.6 Å². The van der Waals surface area contributed by atoms with Crippen LogP contribution in [0.25, 0.3) is 0 Å². The normalized spacial score (nSPS) is 31.9. The van der Waals surface area contributed by atoms with Crippen molar-refractivity contribution in [1.29, 1.82) is 0 Å². The summed E-state index contributed by atoms with van der Waals surface area (Å²) in [5, 5.41) is 0. The molecule has 0 amide bonds. The molecule has 0 N–H and O–H groups in total. The average molecular weight is 540 g/mol. The van der Waals surface area contributed by atoms with Crippen molar-refractivity contribution in [3.8, 4) is 11.8 Å². The number of ether oxygens (including phenoxy) is 1. The van der Waals surface area contributed by atoms with Gasteiger partial charge < -0.3 is 9.64 Å². The minimum Gasteiger partial charge on any atom is -0.378 e. The fourth-order valence-electron chi connectivity index (χ4n) is 8.16. The molecule has 0 heterocycles.